The summed E-state index contributed by atoms with van der Waals surface area (Å²) in [5.74, 6) is 0. The maximum absolute atomic E-state index is 6.04. The van der Waals surface area contributed by atoms with Crippen LogP contribution in [0, 0.1) is 13.8 Å². The molecule has 0 amide bonds. The number of hydrogen-bond acceptors (Lipinski definition) is 2. The van der Waals surface area contributed by atoms with Gasteiger partial charge in [-0.15, -0.1) is 0 Å². The van der Waals surface area contributed by atoms with E-state index in [0.29, 0.717) is 0 Å². The minimum Gasteiger partial charge on any atom is -0.327 e. The molecule has 0 fully saturated rings. The van der Waals surface area contributed by atoms with E-state index in [9.17, 15) is 0 Å². The Morgan fingerprint density at radius 2 is 1.71 bits per heavy atom. The lowest BCUT2D eigenvalue weighted by Crippen LogP contribution is -2.21. The third kappa shape index (κ3) is 4.60. The summed E-state index contributed by atoms with van der Waals surface area (Å²) in [6.07, 6.45) is 1.93. The van der Waals surface area contributed by atoms with Crippen LogP contribution in [-0.2, 0) is 6.42 Å². The first-order valence-corrected chi connectivity index (χ1v) is 8.89. The molecule has 0 aliphatic carbocycles. The van der Waals surface area contributed by atoms with E-state index in [1.54, 1.807) is 11.8 Å². The highest BCUT2D eigenvalue weighted by molar-refractivity contribution is 9.10. The molecule has 0 aliphatic heterocycles. The topological polar surface area (TPSA) is 26.0 Å². The van der Waals surface area contributed by atoms with E-state index in [1.807, 2.05) is 0 Å². The van der Waals surface area contributed by atoms with Crippen LogP contribution >= 0.6 is 27.7 Å². The van der Waals surface area contributed by atoms with Gasteiger partial charge in [-0.3, -0.25) is 0 Å². The molecule has 0 saturated heterocycles. The molecule has 0 saturated carbocycles. The first-order valence-electron chi connectivity index (χ1n) is 7.28. The largest absolute Gasteiger partial charge is 0.327 e. The van der Waals surface area contributed by atoms with Crippen LogP contribution < -0.4 is 5.73 Å². The molecule has 3 heteroatoms. The number of aryl methyl sites for hydroxylation is 2. The normalized spacial score (nSPS) is 12.4. The maximum atomic E-state index is 6.04. The van der Waals surface area contributed by atoms with Gasteiger partial charge < -0.3 is 5.73 Å². The maximum Gasteiger partial charge on any atom is 0.0219 e. The smallest absolute Gasteiger partial charge is 0.0219 e. The van der Waals surface area contributed by atoms with E-state index in [2.05, 4.69) is 73.1 Å². The molecular weight excluding hydrogens is 342 g/mol. The van der Waals surface area contributed by atoms with Crippen molar-refractivity contribution in [1.29, 1.82) is 0 Å². The second kappa shape index (κ2) is 7.48. The number of hydrogen-bond donors (Lipinski definition) is 1. The van der Waals surface area contributed by atoms with Crippen LogP contribution in [-0.4, -0.2) is 6.04 Å². The highest BCUT2D eigenvalue weighted by atomic mass is 79.9. The fourth-order valence-electron chi connectivity index (χ4n) is 2.10. The van der Waals surface area contributed by atoms with E-state index in [0.717, 1.165) is 17.3 Å². The van der Waals surface area contributed by atoms with Crippen molar-refractivity contribution in [2.75, 3.05) is 0 Å². The van der Waals surface area contributed by atoms with Crippen LogP contribution in [0.1, 0.15) is 30.0 Å². The zero-order chi connectivity index (χ0) is 15.4. The van der Waals surface area contributed by atoms with Gasteiger partial charge in [-0.2, -0.15) is 0 Å². The summed E-state index contributed by atoms with van der Waals surface area (Å²) in [6.45, 7) is 6.43. The molecule has 2 N–H and O–H groups in total. The van der Waals surface area contributed by atoms with Gasteiger partial charge in [-0.05, 0) is 67.6 Å². The minimum absolute atomic E-state index is 0.236. The average Bonchev–Trinajstić information content (AvgIpc) is 2.45. The lowest BCUT2D eigenvalue weighted by Gasteiger charge is -2.12. The van der Waals surface area contributed by atoms with Crippen LogP contribution in [0.15, 0.2) is 50.7 Å². The standard InChI is InChI=1S/C18H22BrNS/c1-4-15(20)10-14-6-8-17(11-18(14)19)21-16-7-5-12(2)13(3)9-16/h5-9,11,15H,4,10,20H2,1-3H3. The van der Waals surface area contributed by atoms with Crippen LogP contribution in [0.3, 0.4) is 0 Å². The van der Waals surface area contributed by atoms with E-state index in [1.165, 1.54) is 26.5 Å². The first kappa shape index (κ1) is 16.6. The summed E-state index contributed by atoms with van der Waals surface area (Å²) in [7, 11) is 0. The van der Waals surface area contributed by atoms with Crippen LogP contribution in [0.4, 0.5) is 0 Å². The Hall–Kier alpha value is -0.770. The van der Waals surface area contributed by atoms with E-state index in [-0.39, 0.29) is 6.04 Å². The zero-order valence-electron chi connectivity index (χ0n) is 12.8. The molecule has 1 atom stereocenters. The Morgan fingerprint density at radius 1 is 1.05 bits per heavy atom. The Bertz CT molecular complexity index is 625. The van der Waals surface area contributed by atoms with Gasteiger partial charge in [0.2, 0.25) is 0 Å². The SMILES string of the molecule is CCC(N)Cc1ccc(Sc2ccc(C)c(C)c2)cc1Br. The van der Waals surface area contributed by atoms with E-state index in [4.69, 9.17) is 5.73 Å². The summed E-state index contributed by atoms with van der Waals surface area (Å²) < 4.78 is 1.15. The average molecular weight is 364 g/mol. The molecule has 0 aromatic heterocycles. The Balaban J connectivity index is 2.14. The van der Waals surface area contributed by atoms with Crippen molar-refractivity contribution < 1.29 is 0 Å². The number of rotatable bonds is 5. The van der Waals surface area contributed by atoms with Crippen LogP contribution in [0.2, 0.25) is 0 Å². The summed E-state index contributed by atoms with van der Waals surface area (Å²) in [6, 6.07) is 13.4. The highest BCUT2D eigenvalue weighted by Gasteiger charge is 2.07. The van der Waals surface area contributed by atoms with Crippen molar-refractivity contribution in [3.63, 3.8) is 0 Å². The third-order valence-electron chi connectivity index (χ3n) is 3.75. The monoisotopic (exact) mass is 363 g/mol. The summed E-state index contributed by atoms with van der Waals surface area (Å²) in [4.78, 5) is 2.53. The van der Waals surface area contributed by atoms with Crippen LogP contribution in [0.5, 0.6) is 0 Å². The van der Waals surface area contributed by atoms with E-state index < -0.39 is 0 Å². The molecule has 0 bridgehead atoms. The molecular formula is C18H22BrNS. The van der Waals surface area contributed by atoms with Crippen molar-refractivity contribution in [3.05, 3.63) is 57.6 Å². The summed E-state index contributed by atoms with van der Waals surface area (Å²) in [5.41, 5.74) is 10.0. The molecule has 1 nitrogen and oxygen atoms in total. The molecule has 2 rings (SSSR count). The molecule has 21 heavy (non-hydrogen) atoms. The predicted octanol–water partition coefficient (Wildman–Crippen LogP) is 5.50. The molecule has 0 radical (unpaired) electrons. The number of nitrogens with two attached hydrogens (primary N) is 1. The molecule has 2 aromatic carbocycles. The van der Waals surface area contributed by atoms with Crippen molar-refractivity contribution in [2.24, 2.45) is 5.73 Å². The summed E-state index contributed by atoms with van der Waals surface area (Å²) >= 11 is 5.47. The second-order valence-electron chi connectivity index (χ2n) is 5.47. The molecule has 1 unspecified atom stereocenters. The van der Waals surface area contributed by atoms with Crippen molar-refractivity contribution >= 4 is 27.7 Å². The molecule has 112 valence electrons. The molecule has 0 spiro atoms. The van der Waals surface area contributed by atoms with Crippen LogP contribution in [0.25, 0.3) is 0 Å². The zero-order valence-corrected chi connectivity index (χ0v) is 15.2. The van der Waals surface area contributed by atoms with Gasteiger partial charge in [0.25, 0.3) is 0 Å². The highest BCUT2D eigenvalue weighted by Crippen LogP contribution is 2.32. The van der Waals surface area contributed by atoms with Crippen molar-refractivity contribution in [3.8, 4) is 0 Å². The van der Waals surface area contributed by atoms with Gasteiger partial charge in [0, 0.05) is 20.3 Å². The molecule has 0 heterocycles. The number of benzene rings is 2. The van der Waals surface area contributed by atoms with Gasteiger partial charge in [0.05, 0.1) is 0 Å². The number of halogens is 1. The van der Waals surface area contributed by atoms with Crippen molar-refractivity contribution in [2.45, 2.75) is 49.4 Å². The van der Waals surface area contributed by atoms with Crippen molar-refractivity contribution in [1.82, 2.24) is 0 Å². The fraction of sp³-hybridized carbons (Fsp3) is 0.333. The lowest BCUT2D eigenvalue weighted by molar-refractivity contribution is 0.645. The van der Waals surface area contributed by atoms with E-state index >= 15 is 0 Å². The van der Waals surface area contributed by atoms with Gasteiger partial charge in [0.1, 0.15) is 0 Å². The quantitative estimate of drug-likeness (QED) is 0.758. The third-order valence-corrected chi connectivity index (χ3v) is 5.46. The predicted molar refractivity (Wildman–Crippen MR) is 96.2 cm³/mol. The van der Waals surface area contributed by atoms with Gasteiger partial charge in [0.15, 0.2) is 0 Å². The molecule has 2 aromatic rings. The second-order valence-corrected chi connectivity index (χ2v) is 7.48. The summed E-state index contributed by atoms with van der Waals surface area (Å²) in [5, 5.41) is 0. The minimum atomic E-state index is 0.236. The first-order chi connectivity index (χ1) is 9.99. The fourth-order valence-corrected chi connectivity index (χ4v) is 3.75. The van der Waals surface area contributed by atoms with Gasteiger partial charge >= 0.3 is 0 Å². The lowest BCUT2D eigenvalue weighted by atomic mass is 10.1. The van der Waals surface area contributed by atoms with Gasteiger partial charge in [-0.25, -0.2) is 0 Å². The Kier molecular flexibility index (Phi) is 5.91. The Labute approximate surface area is 140 Å². The van der Waals surface area contributed by atoms with Gasteiger partial charge in [-0.1, -0.05) is 46.7 Å². The Morgan fingerprint density at radius 3 is 2.33 bits per heavy atom. The molecule has 0 aliphatic rings.